The molecule has 1 aliphatic heterocycles. The highest BCUT2D eigenvalue weighted by Crippen LogP contribution is 2.33. The van der Waals surface area contributed by atoms with Crippen LogP contribution in [0.25, 0.3) is 0 Å². The second kappa shape index (κ2) is 3.94. The molecule has 1 aliphatic rings. The minimum Gasteiger partial charge on any atom is -0.324 e. The number of hydrogen-bond donors (Lipinski definition) is 2. The van der Waals surface area contributed by atoms with Gasteiger partial charge in [0.25, 0.3) is 0 Å². The molecular formula is C11H13BrN2O. The molecule has 1 atom stereocenters. The van der Waals surface area contributed by atoms with E-state index in [1.54, 1.807) is 0 Å². The molecule has 0 fully saturated rings. The van der Waals surface area contributed by atoms with Crippen molar-refractivity contribution in [3.63, 3.8) is 0 Å². The van der Waals surface area contributed by atoms with Gasteiger partial charge in [0.05, 0.1) is 0 Å². The number of fused-ring (bicyclic) bond motifs is 1. The van der Waals surface area contributed by atoms with Gasteiger partial charge in [-0.3, -0.25) is 10.1 Å². The number of hydrogen-bond acceptors (Lipinski definition) is 2. The molecule has 3 nitrogen and oxygen atoms in total. The molecule has 1 aromatic carbocycles. The van der Waals surface area contributed by atoms with Crippen molar-refractivity contribution in [1.82, 2.24) is 5.32 Å². The first-order chi connectivity index (χ1) is 7.08. The smallest absolute Gasteiger partial charge is 0.246 e. The Hall–Kier alpha value is -0.870. The van der Waals surface area contributed by atoms with E-state index < -0.39 is 0 Å². The zero-order valence-electron chi connectivity index (χ0n) is 8.67. The summed E-state index contributed by atoms with van der Waals surface area (Å²) in [5.41, 5.74) is 1.92. The summed E-state index contributed by atoms with van der Waals surface area (Å²) in [7, 11) is 0. The zero-order chi connectivity index (χ0) is 11.0. The first kappa shape index (κ1) is 10.6. The Labute approximate surface area is 97.4 Å². The van der Waals surface area contributed by atoms with Crippen LogP contribution >= 0.6 is 15.9 Å². The van der Waals surface area contributed by atoms with Gasteiger partial charge >= 0.3 is 0 Å². The maximum absolute atomic E-state index is 11.7. The van der Waals surface area contributed by atoms with E-state index in [2.05, 4.69) is 26.6 Å². The van der Waals surface area contributed by atoms with Gasteiger partial charge in [-0.1, -0.05) is 15.9 Å². The number of rotatable bonds is 2. The van der Waals surface area contributed by atoms with Crippen LogP contribution in [-0.2, 0) is 4.79 Å². The molecule has 2 rings (SSSR count). The fourth-order valence-electron chi connectivity index (χ4n) is 1.73. The molecule has 1 heterocycles. The number of carbonyl (C=O) groups excluding carboxylic acids is 1. The second-order valence-electron chi connectivity index (χ2n) is 3.98. The number of benzene rings is 1. The Balaban J connectivity index is 2.35. The molecule has 0 saturated carbocycles. The topological polar surface area (TPSA) is 41.1 Å². The first-order valence-corrected chi connectivity index (χ1v) is 5.73. The molecule has 0 radical (unpaired) electrons. The van der Waals surface area contributed by atoms with Crippen molar-refractivity contribution in [2.24, 2.45) is 0 Å². The van der Waals surface area contributed by atoms with E-state index in [1.165, 1.54) is 0 Å². The van der Waals surface area contributed by atoms with Crippen molar-refractivity contribution in [3.05, 3.63) is 28.2 Å². The minimum atomic E-state index is -0.225. The second-order valence-corrected chi connectivity index (χ2v) is 4.89. The van der Waals surface area contributed by atoms with Crippen LogP contribution in [0.3, 0.4) is 0 Å². The number of anilines is 1. The van der Waals surface area contributed by atoms with Crippen LogP contribution in [0.4, 0.5) is 5.69 Å². The van der Waals surface area contributed by atoms with Crippen molar-refractivity contribution in [2.45, 2.75) is 25.9 Å². The van der Waals surface area contributed by atoms with Crippen LogP contribution in [0.15, 0.2) is 22.7 Å². The molecule has 15 heavy (non-hydrogen) atoms. The van der Waals surface area contributed by atoms with Gasteiger partial charge in [0, 0.05) is 21.8 Å². The lowest BCUT2D eigenvalue weighted by Crippen LogP contribution is -2.32. The van der Waals surface area contributed by atoms with E-state index in [4.69, 9.17) is 0 Å². The number of carbonyl (C=O) groups is 1. The van der Waals surface area contributed by atoms with E-state index in [9.17, 15) is 4.79 Å². The maximum atomic E-state index is 11.7. The quantitative estimate of drug-likeness (QED) is 0.865. The van der Waals surface area contributed by atoms with Crippen molar-refractivity contribution < 1.29 is 4.79 Å². The zero-order valence-corrected chi connectivity index (χ0v) is 10.3. The van der Waals surface area contributed by atoms with Gasteiger partial charge in [0.1, 0.15) is 6.04 Å². The van der Waals surface area contributed by atoms with E-state index >= 15 is 0 Å². The van der Waals surface area contributed by atoms with Gasteiger partial charge in [-0.2, -0.15) is 0 Å². The fourth-order valence-corrected chi connectivity index (χ4v) is 2.11. The third kappa shape index (κ3) is 2.06. The first-order valence-electron chi connectivity index (χ1n) is 4.94. The van der Waals surface area contributed by atoms with Crippen LogP contribution in [0.5, 0.6) is 0 Å². The van der Waals surface area contributed by atoms with Crippen molar-refractivity contribution in [3.8, 4) is 0 Å². The van der Waals surface area contributed by atoms with E-state index in [0.29, 0.717) is 0 Å². The molecule has 0 spiro atoms. The number of halogens is 1. The molecule has 0 aliphatic carbocycles. The summed E-state index contributed by atoms with van der Waals surface area (Å²) in [5.74, 6) is 0.0248. The van der Waals surface area contributed by atoms with E-state index in [0.717, 1.165) is 15.7 Å². The van der Waals surface area contributed by atoms with Crippen LogP contribution < -0.4 is 10.6 Å². The number of amides is 1. The monoisotopic (exact) mass is 268 g/mol. The predicted octanol–water partition coefficient (Wildman–Crippen LogP) is 2.44. The van der Waals surface area contributed by atoms with Gasteiger partial charge in [-0.05, 0) is 32.0 Å². The van der Waals surface area contributed by atoms with Gasteiger partial charge in [-0.15, -0.1) is 0 Å². The molecule has 2 N–H and O–H groups in total. The predicted molar refractivity (Wildman–Crippen MR) is 63.8 cm³/mol. The highest BCUT2D eigenvalue weighted by Gasteiger charge is 2.30. The summed E-state index contributed by atoms with van der Waals surface area (Å²) in [6.07, 6.45) is 0. The van der Waals surface area contributed by atoms with Crippen LogP contribution in [0, 0.1) is 0 Å². The number of nitrogens with one attached hydrogen (secondary N) is 2. The lowest BCUT2D eigenvalue weighted by atomic mass is 10.1. The SMILES string of the molecule is CC(C)NC1C(=O)Nc2ccc(Br)cc21. The summed E-state index contributed by atoms with van der Waals surface area (Å²) in [6.45, 7) is 4.06. The van der Waals surface area contributed by atoms with Crippen LogP contribution in [0.1, 0.15) is 25.5 Å². The molecule has 1 amide bonds. The highest BCUT2D eigenvalue weighted by molar-refractivity contribution is 9.10. The van der Waals surface area contributed by atoms with Gasteiger partial charge in [0.2, 0.25) is 5.91 Å². The standard InChI is InChI=1S/C11H13BrN2O/c1-6(2)13-10-8-5-7(12)3-4-9(8)14-11(10)15/h3-6,10,13H,1-2H3,(H,14,15). The summed E-state index contributed by atoms with van der Waals surface area (Å²) >= 11 is 3.41. The van der Waals surface area contributed by atoms with E-state index in [1.807, 2.05) is 32.0 Å². The van der Waals surface area contributed by atoms with Gasteiger partial charge in [-0.25, -0.2) is 0 Å². The largest absolute Gasteiger partial charge is 0.324 e. The van der Waals surface area contributed by atoms with Crippen molar-refractivity contribution in [2.75, 3.05) is 5.32 Å². The van der Waals surface area contributed by atoms with E-state index in [-0.39, 0.29) is 18.0 Å². The molecule has 4 heteroatoms. The van der Waals surface area contributed by atoms with Crippen molar-refractivity contribution in [1.29, 1.82) is 0 Å². The lowest BCUT2D eigenvalue weighted by Gasteiger charge is -2.14. The lowest BCUT2D eigenvalue weighted by molar-refractivity contribution is -0.117. The Morgan fingerprint density at radius 2 is 2.20 bits per heavy atom. The molecule has 1 aromatic rings. The molecule has 80 valence electrons. The fraction of sp³-hybridized carbons (Fsp3) is 0.364. The maximum Gasteiger partial charge on any atom is 0.246 e. The third-order valence-electron chi connectivity index (χ3n) is 2.34. The summed E-state index contributed by atoms with van der Waals surface area (Å²) in [4.78, 5) is 11.7. The molecule has 0 saturated heterocycles. The van der Waals surface area contributed by atoms with Crippen molar-refractivity contribution >= 4 is 27.5 Å². The Morgan fingerprint density at radius 3 is 2.87 bits per heavy atom. The third-order valence-corrected chi connectivity index (χ3v) is 2.84. The summed E-state index contributed by atoms with van der Waals surface area (Å²) in [6, 6.07) is 5.88. The van der Waals surface area contributed by atoms with Crippen LogP contribution in [0.2, 0.25) is 0 Å². The van der Waals surface area contributed by atoms with Gasteiger partial charge < -0.3 is 5.32 Å². The Morgan fingerprint density at radius 1 is 1.47 bits per heavy atom. The summed E-state index contributed by atoms with van der Waals surface area (Å²) < 4.78 is 0.994. The molecular weight excluding hydrogens is 256 g/mol. The average molecular weight is 269 g/mol. The minimum absolute atomic E-state index is 0.0248. The Kier molecular flexibility index (Phi) is 2.80. The highest BCUT2D eigenvalue weighted by atomic mass is 79.9. The molecule has 1 unspecified atom stereocenters. The molecule has 0 aromatic heterocycles. The average Bonchev–Trinajstić information content (AvgIpc) is 2.43. The summed E-state index contributed by atoms with van der Waals surface area (Å²) in [5, 5.41) is 6.10. The van der Waals surface area contributed by atoms with Crippen LogP contribution in [-0.4, -0.2) is 11.9 Å². The normalized spacial score (nSPS) is 19.2. The molecule has 0 bridgehead atoms. The van der Waals surface area contributed by atoms with Gasteiger partial charge in [0.15, 0.2) is 0 Å². The Bertz CT molecular complexity index is 404.